The lowest BCUT2D eigenvalue weighted by Crippen LogP contribution is -2.45. The molecule has 0 saturated carbocycles. The van der Waals surface area contributed by atoms with Gasteiger partial charge in [-0.15, -0.1) is 0 Å². The molecule has 3 aliphatic rings. The number of benzene rings is 2. The summed E-state index contributed by atoms with van der Waals surface area (Å²) in [6.45, 7) is 8.42. The van der Waals surface area contributed by atoms with Gasteiger partial charge in [-0.05, 0) is 66.9 Å². The second kappa shape index (κ2) is 12.1. The highest BCUT2D eigenvalue weighted by atomic mass is 32.1. The fourth-order valence-corrected chi connectivity index (χ4v) is 6.57. The predicted molar refractivity (Wildman–Crippen MR) is 166 cm³/mol. The Morgan fingerprint density at radius 1 is 0.975 bits per heavy atom. The molecule has 40 heavy (non-hydrogen) atoms. The normalized spacial score (nSPS) is 20.5. The number of piperidine rings is 1. The third-order valence-electron chi connectivity index (χ3n) is 8.78. The zero-order valence-corrected chi connectivity index (χ0v) is 24.3. The zero-order valence-electron chi connectivity index (χ0n) is 23.4. The Morgan fingerprint density at radius 3 is 2.48 bits per heavy atom. The molecule has 6 rings (SSSR count). The SMILES string of the molecule is C[C@H]1CCCN(c2cc(N3CCc4ccccc4C3)nc(NC(=S)NCC3(c4ccccc4)CCOCC3)n2)C1. The van der Waals surface area contributed by atoms with E-state index in [1.165, 1.54) is 29.5 Å². The molecule has 210 valence electrons. The van der Waals surface area contributed by atoms with Crippen molar-refractivity contribution in [1.82, 2.24) is 15.3 Å². The summed E-state index contributed by atoms with van der Waals surface area (Å²) in [5.41, 5.74) is 4.13. The number of aromatic nitrogens is 2. The Hall–Kier alpha value is -3.23. The van der Waals surface area contributed by atoms with Gasteiger partial charge in [0.15, 0.2) is 5.11 Å². The van der Waals surface area contributed by atoms with E-state index in [0.717, 1.165) is 76.8 Å². The van der Waals surface area contributed by atoms with E-state index >= 15 is 0 Å². The van der Waals surface area contributed by atoms with Gasteiger partial charge in [0.05, 0.1) is 0 Å². The van der Waals surface area contributed by atoms with Gasteiger partial charge in [-0.3, -0.25) is 0 Å². The summed E-state index contributed by atoms with van der Waals surface area (Å²) in [6, 6.07) is 21.6. The van der Waals surface area contributed by atoms with E-state index in [4.69, 9.17) is 26.9 Å². The highest BCUT2D eigenvalue weighted by molar-refractivity contribution is 7.80. The first kappa shape index (κ1) is 27.0. The van der Waals surface area contributed by atoms with Gasteiger partial charge in [0, 0.05) is 57.4 Å². The monoisotopic (exact) mass is 556 g/mol. The van der Waals surface area contributed by atoms with Gasteiger partial charge < -0.3 is 25.2 Å². The number of fused-ring (bicyclic) bond motifs is 1. The summed E-state index contributed by atoms with van der Waals surface area (Å²) >= 11 is 5.81. The van der Waals surface area contributed by atoms with E-state index in [-0.39, 0.29) is 5.41 Å². The largest absolute Gasteiger partial charge is 0.381 e. The third kappa shape index (κ3) is 6.08. The summed E-state index contributed by atoms with van der Waals surface area (Å²) in [7, 11) is 0. The molecule has 4 heterocycles. The topological polar surface area (TPSA) is 65.5 Å². The van der Waals surface area contributed by atoms with E-state index < -0.39 is 0 Å². The first-order valence-corrected chi connectivity index (χ1v) is 15.1. The number of ether oxygens (including phenoxy) is 1. The molecule has 0 aliphatic carbocycles. The maximum atomic E-state index is 5.81. The van der Waals surface area contributed by atoms with E-state index in [1.807, 2.05) is 0 Å². The minimum Gasteiger partial charge on any atom is -0.381 e. The molecule has 0 unspecified atom stereocenters. The summed E-state index contributed by atoms with van der Waals surface area (Å²) in [5.74, 6) is 3.14. The van der Waals surface area contributed by atoms with Crippen LogP contribution in [0.1, 0.15) is 49.3 Å². The molecule has 2 aromatic carbocycles. The van der Waals surface area contributed by atoms with Crippen LogP contribution in [0.15, 0.2) is 60.7 Å². The lowest BCUT2D eigenvalue weighted by molar-refractivity contribution is 0.0515. The molecule has 0 bridgehead atoms. The van der Waals surface area contributed by atoms with Crippen LogP contribution in [0, 0.1) is 5.92 Å². The van der Waals surface area contributed by atoms with Gasteiger partial charge in [0.2, 0.25) is 5.95 Å². The number of anilines is 3. The van der Waals surface area contributed by atoms with Gasteiger partial charge in [0.1, 0.15) is 11.6 Å². The van der Waals surface area contributed by atoms with Gasteiger partial charge in [0.25, 0.3) is 0 Å². The van der Waals surface area contributed by atoms with Crippen LogP contribution in [0.5, 0.6) is 0 Å². The molecule has 0 radical (unpaired) electrons. The van der Waals surface area contributed by atoms with Crippen LogP contribution < -0.4 is 20.4 Å². The second-order valence-electron chi connectivity index (χ2n) is 11.6. The molecule has 1 atom stereocenters. The number of nitrogens with one attached hydrogen (secondary N) is 2. The Kier molecular flexibility index (Phi) is 8.16. The fourth-order valence-electron chi connectivity index (χ4n) is 6.41. The van der Waals surface area contributed by atoms with Crippen LogP contribution in [-0.2, 0) is 23.1 Å². The Morgan fingerprint density at radius 2 is 1.70 bits per heavy atom. The lowest BCUT2D eigenvalue weighted by atomic mass is 9.74. The molecule has 2 N–H and O–H groups in total. The van der Waals surface area contributed by atoms with Crippen LogP contribution in [-0.4, -0.2) is 54.5 Å². The number of hydrogen-bond acceptors (Lipinski definition) is 6. The van der Waals surface area contributed by atoms with E-state index in [9.17, 15) is 0 Å². The molecule has 2 fully saturated rings. The van der Waals surface area contributed by atoms with Crippen molar-refractivity contribution in [3.05, 3.63) is 77.4 Å². The van der Waals surface area contributed by atoms with Crippen LogP contribution in [0.2, 0.25) is 0 Å². The van der Waals surface area contributed by atoms with Crippen LogP contribution in [0.25, 0.3) is 0 Å². The van der Waals surface area contributed by atoms with E-state index in [2.05, 4.69) is 88.0 Å². The lowest BCUT2D eigenvalue weighted by Gasteiger charge is -2.38. The molecule has 0 spiro atoms. The summed E-state index contributed by atoms with van der Waals surface area (Å²) in [4.78, 5) is 14.7. The minimum atomic E-state index is -0.00968. The highest BCUT2D eigenvalue weighted by Crippen LogP contribution is 2.34. The smallest absolute Gasteiger partial charge is 0.232 e. The van der Waals surface area contributed by atoms with Crippen molar-refractivity contribution in [3.63, 3.8) is 0 Å². The molecule has 8 heteroatoms. The Labute approximate surface area is 243 Å². The van der Waals surface area contributed by atoms with Gasteiger partial charge in [-0.1, -0.05) is 61.5 Å². The average Bonchev–Trinajstić information content (AvgIpc) is 3.00. The predicted octanol–water partition coefficient (Wildman–Crippen LogP) is 5.31. The molecule has 3 aliphatic heterocycles. The summed E-state index contributed by atoms with van der Waals surface area (Å²) in [6.07, 6.45) is 5.40. The summed E-state index contributed by atoms with van der Waals surface area (Å²) < 4.78 is 5.71. The highest BCUT2D eigenvalue weighted by Gasteiger charge is 2.34. The van der Waals surface area contributed by atoms with E-state index in [1.54, 1.807) is 0 Å². The Balaban J connectivity index is 1.21. The number of thiocarbonyl (C=S) groups is 1. The van der Waals surface area contributed by atoms with Crippen molar-refractivity contribution in [3.8, 4) is 0 Å². The van der Waals surface area contributed by atoms with Crippen molar-refractivity contribution in [2.24, 2.45) is 5.92 Å². The first-order valence-electron chi connectivity index (χ1n) is 14.7. The molecule has 0 amide bonds. The number of rotatable bonds is 6. The van der Waals surface area contributed by atoms with E-state index in [0.29, 0.717) is 17.0 Å². The summed E-state index contributed by atoms with van der Waals surface area (Å²) in [5, 5.41) is 7.43. The molecule has 2 saturated heterocycles. The maximum absolute atomic E-state index is 5.81. The zero-order chi connectivity index (χ0) is 27.4. The van der Waals surface area contributed by atoms with Gasteiger partial charge in [-0.25, -0.2) is 0 Å². The van der Waals surface area contributed by atoms with Gasteiger partial charge >= 0.3 is 0 Å². The third-order valence-corrected chi connectivity index (χ3v) is 9.03. The number of nitrogens with zero attached hydrogens (tertiary/aromatic N) is 4. The molecular weight excluding hydrogens is 516 g/mol. The van der Waals surface area contributed by atoms with Crippen LogP contribution in [0.4, 0.5) is 17.6 Å². The van der Waals surface area contributed by atoms with Crippen LogP contribution >= 0.6 is 12.2 Å². The fraction of sp³-hybridized carbons (Fsp3) is 0.469. The number of hydrogen-bond donors (Lipinski definition) is 2. The Bertz CT molecular complexity index is 1310. The average molecular weight is 557 g/mol. The van der Waals surface area contributed by atoms with Gasteiger partial charge in [-0.2, -0.15) is 9.97 Å². The minimum absolute atomic E-state index is 0.00968. The van der Waals surface area contributed by atoms with Crippen molar-refractivity contribution in [2.45, 2.75) is 51.0 Å². The maximum Gasteiger partial charge on any atom is 0.232 e. The standard InChI is InChI=1S/C32H40N6OS/c1-24-8-7-16-37(21-24)28-20-29(38-17-13-25-9-5-6-10-26(25)22-38)35-30(34-28)36-31(40)33-23-32(14-18-39-19-15-32)27-11-3-2-4-12-27/h2-6,9-12,20,24H,7-8,13-19,21-23H2,1H3,(H2,33,34,35,36,40)/t24-/m0/s1. The van der Waals surface area contributed by atoms with Crippen molar-refractivity contribution in [1.29, 1.82) is 0 Å². The van der Waals surface area contributed by atoms with Crippen molar-refractivity contribution >= 4 is 34.9 Å². The van der Waals surface area contributed by atoms with Crippen molar-refractivity contribution < 1.29 is 4.74 Å². The molecule has 7 nitrogen and oxygen atoms in total. The molecule has 3 aromatic rings. The first-order chi connectivity index (χ1) is 19.6. The second-order valence-corrected chi connectivity index (χ2v) is 12.0. The van der Waals surface area contributed by atoms with Crippen molar-refractivity contribution in [2.75, 3.05) is 54.5 Å². The molecular formula is C32H40N6OS. The van der Waals surface area contributed by atoms with Crippen LogP contribution in [0.3, 0.4) is 0 Å². The molecule has 1 aromatic heterocycles. The quantitative estimate of drug-likeness (QED) is 0.396.